The molecule has 0 aliphatic heterocycles. The summed E-state index contributed by atoms with van der Waals surface area (Å²) in [5, 5.41) is 4.62. The van der Waals surface area contributed by atoms with E-state index < -0.39 is 0 Å². The maximum absolute atomic E-state index is 5.24. The van der Waals surface area contributed by atoms with Crippen molar-refractivity contribution < 1.29 is 0 Å². The van der Waals surface area contributed by atoms with Gasteiger partial charge in [0.25, 0.3) is 0 Å². The zero-order chi connectivity index (χ0) is 41.0. The molecule has 5 heteroatoms. The fourth-order valence-electron chi connectivity index (χ4n) is 9.14. The SMILES string of the molecule is c1ccc(-c2cccc(-c3ccc(-c4ccccc4)c(-n4c5ccccc5c5ccc6c(c7ccccc7n6-c6nc(-c7ccccc7)nc(-c7ccccc7)n6)c54)c3)c2)cc1. The van der Waals surface area contributed by atoms with E-state index in [1.165, 1.54) is 21.9 Å². The maximum Gasteiger partial charge on any atom is 0.238 e. The number of rotatable bonds is 7. The van der Waals surface area contributed by atoms with Crippen LogP contribution in [0.1, 0.15) is 0 Å². The summed E-state index contributed by atoms with van der Waals surface area (Å²) in [6.07, 6.45) is 0. The van der Waals surface area contributed by atoms with Crippen molar-refractivity contribution in [2.75, 3.05) is 0 Å². The highest BCUT2D eigenvalue weighted by Gasteiger charge is 2.24. The van der Waals surface area contributed by atoms with Gasteiger partial charge in [0.1, 0.15) is 0 Å². The molecule has 12 rings (SSSR count). The molecule has 12 aromatic rings. The second-order valence-electron chi connectivity index (χ2n) is 15.6. The van der Waals surface area contributed by atoms with Crippen molar-refractivity contribution in [2.24, 2.45) is 0 Å². The van der Waals surface area contributed by atoms with E-state index in [-0.39, 0.29) is 0 Å². The second-order valence-corrected chi connectivity index (χ2v) is 15.6. The molecular weight excluding hydrogens is 755 g/mol. The Balaban J connectivity index is 1.17. The third-order valence-corrected chi connectivity index (χ3v) is 12.0. The molecule has 0 N–H and O–H groups in total. The fraction of sp³-hybridized carbons (Fsp3) is 0. The number of hydrogen-bond donors (Lipinski definition) is 0. The molecule has 0 saturated heterocycles. The number of aromatic nitrogens is 5. The van der Waals surface area contributed by atoms with E-state index in [1.807, 2.05) is 36.4 Å². The van der Waals surface area contributed by atoms with Gasteiger partial charge >= 0.3 is 0 Å². The Hall–Kier alpha value is -8.41. The molecule has 3 heterocycles. The quantitative estimate of drug-likeness (QED) is 0.162. The second kappa shape index (κ2) is 14.7. The number of para-hydroxylation sites is 2. The molecule has 0 unspecified atom stereocenters. The molecular formula is C57H37N5. The first-order valence-corrected chi connectivity index (χ1v) is 21.0. The van der Waals surface area contributed by atoms with E-state index >= 15 is 0 Å². The molecule has 0 fully saturated rings. The lowest BCUT2D eigenvalue weighted by molar-refractivity contribution is 0.953. The largest absolute Gasteiger partial charge is 0.308 e. The van der Waals surface area contributed by atoms with Crippen molar-refractivity contribution in [1.29, 1.82) is 0 Å². The minimum absolute atomic E-state index is 0.566. The van der Waals surface area contributed by atoms with Gasteiger partial charge in [-0.2, -0.15) is 9.97 Å². The summed E-state index contributed by atoms with van der Waals surface area (Å²) >= 11 is 0. The van der Waals surface area contributed by atoms with Gasteiger partial charge in [0, 0.05) is 38.2 Å². The first-order valence-electron chi connectivity index (χ1n) is 21.0. The first-order chi connectivity index (χ1) is 30.8. The fourth-order valence-corrected chi connectivity index (χ4v) is 9.14. The lowest BCUT2D eigenvalue weighted by Crippen LogP contribution is -2.06. The molecule has 0 saturated carbocycles. The summed E-state index contributed by atoms with van der Waals surface area (Å²) in [6.45, 7) is 0. The first kappa shape index (κ1) is 35.5. The van der Waals surface area contributed by atoms with Gasteiger partial charge in [-0.25, -0.2) is 4.98 Å². The number of benzene rings is 9. The summed E-state index contributed by atoms with van der Waals surface area (Å²) < 4.78 is 4.71. The highest BCUT2D eigenvalue weighted by atomic mass is 15.2. The topological polar surface area (TPSA) is 48.5 Å². The number of nitrogens with zero attached hydrogens (tertiary/aromatic N) is 5. The number of hydrogen-bond acceptors (Lipinski definition) is 3. The Morgan fingerprint density at radius 2 is 0.790 bits per heavy atom. The molecule has 0 aliphatic carbocycles. The zero-order valence-electron chi connectivity index (χ0n) is 33.6. The molecule has 0 spiro atoms. The predicted octanol–water partition coefficient (Wildman–Crippen LogP) is 14.4. The van der Waals surface area contributed by atoms with Crippen molar-refractivity contribution in [3.05, 3.63) is 224 Å². The average molecular weight is 792 g/mol. The minimum atomic E-state index is 0.566. The standard InChI is InChI=1S/C57H37N5/c1-5-18-38(19-6-1)42-26-17-27-43(36-42)44-32-33-45(39-20-7-2-8-21-39)52(37-44)61-49-30-15-13-28-46(49)47-34-35-51-53(54(47)61)48-29-14-16-31-50(48)62(51)57-59-55(40-22-9-3-10-23-40)58-56(60-57)41-24-11-4-12-25-41/h1-37H. The van der Waals surface area contributed by atoms with Crippen molar-refractivity contribution in [3.8, 4) is 67.8 Å². The lowest BCUT2D eigenvalue weighted by Gasteiger charge is -2.17. The smallest absolute Gasteiger partial charge is 0.238 e. The molecule has 0 bridgehead atoms. The predicted molar refractivity (Wildman–Crippen MR) is 256 cm³/mol. The van der Waals surface area contributed by atoms with Gasteiger partial charge in [-0.1, -0.05) is 194 Å². The molecule has 0 atom stereocenters. The molecule has 0 amide bonds. The third-order valence-electron chi connectivity index (χ3n) is 12.0. The normalized spacial score (nSPS) is 11.5. The Labute approximate surface area is 358 Å². The van der Waals surface area contributed by atoms with Crippen molar-refractivity contribution in [3.63, 3.8) is 0 Å². The molecule has 290 valence electrons. The van der Waals surface area contributed by atoms with Crippen LogP contribution in [-0.2, 0) is 0 Å². The van der Waals surface area contributed by atoms with E-state index in [1.54, 1.807) is 0 Å². The Morgan fingerprint density at radius 3 is 1.44 bits per heavy atom. The van der Waals surface area contributed by atoms with Crippen LogP contribution in [0.4, 0.5) is 0 Å². The van der Waals surface area contributed by atoms with Gasteiger partial charge in [-0.05, 0) is 58.1 Å². The zero-order valence-corrected chi connectivity index (χ0v) is 33.6. The van der Waals surface area contributed by atoms with Crippen LogP contribution in [0, 0.1) is 0 Å². The van der Waals surface area contributed by atoms with E-state index in [4.69, 9.17) is 15.0 Å². The van der Waals surface area contributed by atoms with E-state index in [0.717, 1.165) is 71.9 Å². The summed E-state index contributed by atoms with van der Waals surface area (Å²) in [6, 6.07) is 79.4. The highest BCUT2D eigenvalue weighted by Crippen LogP contribution is 2.44. The number of fused-ring (bicyclic) bond motifs is 7. The summed E-state index contributed by atoms with van der Waals surface area (Å²) in [7, 11) is 0. The minimum Gasteiger partial charge on any atom is -0.308 e. The van der Waals surface area contributed by atoms with Crippen molar-refractivity contribution >= 4 is 43.6 Å². The Morgan fingerprint density at radius 1 is 0.290 bits per heavy atom. The highest BCUT2D eigenvalue weighted by molar-refractivity contribution is 6.26. The van der Waals surface area contributed by atoms with Gasteiger partial charge in [-0.3, -0.25) is 4.57 Å². The van der Waals surface area contributed by atoms with Gasteiger partial charge in [0.15, 0.2) is 11.6 Å². The molecule has 62 heavy (non-hydrogen) atoms. The van der Waals surface area contributed by atoms with Crippen molar-refractivity contribution in [2.45, 2.75) is 0 Å². The Kier molecular flexibility index (Phi) is 8.42. The van der Waals surface area contributed by atoms with Crippen LogP contribution in [0.25, 0.3) is 111 Å². The summed E-state index contributed by atoms with van der Waals surface area (Å²) in [5.74, 6) is 1.81. The third kappa shape index (κ3) is 5.90. The molecule has 3 aromatic heterocycles. The lowest BCUT2D eigenvalue weighted by atomic mass is 9.95. The summed E-state index contributed by atoms with van der Waals surface area (Å²) in [4.78, 5) is 15.5. The average Bonchev–Trinajstić information content (AvgIpc) is 3.88. The molecule has 0 aliphatic rings. The molecule has 5 nitrogen and oxygen atoms in total. The van der Waals surface area contributed by atoms with Gasteiger partial charge < -0.3 is 4.57 Å². The van der Waals surface area contributed by atoms with Crippen LogP contribution >= 0.6 is 0 Å². The van der Waals surface area contributed by atoms with E-state index in [0.29, 0.717) is 17.6 Å². The van der Waals surface area contributed by atoms with Crippen LogP contribution in [0.2, 0.25) is 0 Å². The van der Waals surface area contributed by atoms with Crippen LogP contribution < -0.4 is 0 Å². The molecule has 0 radical (unpaired) electrons. The summed E-state index contributed by atoms with van der Waals surface area (Å²) in [5.41, 5.74) is 14.3. The van der Waals surface area contributed by atoms with Gasteiger partial charge in [0.2, 0.25) is 5.95 Å². The Bertz CT molecular complexity index is 3550. The van der Waals surface area contributed by atoms with Gasteiger partial charge in [-0.15, -0.1) is 0 Å². The van der Waals surface area contributed by atoms with Crippen LogP contribution in [-0.4, -0.2) is 24.1 Å². The van der Waals surface area contributed by atoms with Crippen molar-refractivity contribution in [1.82, 2.24) is 24.1 Å². The van der Waals surface area contributed by atoms with Crippen LogP contribution in [0.3, 0.4) is 0 Å². The van der Waals surface area contributed by atoms with Gasteiger partial charge in [0.05, 0.1) is 27.8 Å². The molecule has 9 aromatic carbocycles. The van der Waals surface area contributed by atoms with E-state index in [9.17, 15) is 0 Å². The van der Waals surface area contributed by atoms with Crippen LogP contribution in [0.5, 0.6) is 0 Å². The monoisotopic (exact) mass is 791 g/mol. The maximum atomic E-state index is 5.24. The van der Waals surface area contributed by atoms with Crippen LogP contribution in [0.15, 0.2) is 224 Å². The van der Waals surface area contributed by atoms with E-state index in [2.05, 4.69) is 197 Å².